The van der Waals surface area contributed by atoms with E-state index in [2.05, 4.69) is 33.2 Å². The van der Waals surface area contributed by atoms with Crippen LogP contribution in [0.2, 0.25) is 0 Å². The molecule has 10 nitrogen and oxygen atoms in total. The molecular formula is C18H23N5O5S. The third-order valence-corrected chi connectivity index (χ3v) is 4.53. The predicted molar refractivity (Wildman–Crippen MR) is 107 cm³/mol. The van der Waals surface area contributed by atoms with Crippen LogP contribution in [0.15, 0.2) is 36.8 Å². The largest absolute Gasteiger partial charge is 0.508 e. The van der Waals surface area contributed by atoms with E-state index in [0.29, 0.717) is 11.3 Å². The Kier molecular flexibility index (Phi) is 8.04. The molecule has 11 heteroatoms. The van der Waals surface area contributed by atoms with Crippen molar-refractivity contribution in [1.29, 1.82) is 0 Å². The number of aromatic amines is 1. The third-order valence-electron chi connectivity index (χ3n) is 4.14. The Morgan fingerprint density at radius 2 is 1.76 bits per heavy atom. The zero-order valence-electron chi connectivity index (χ0n) is 15.4. The number of hydrogen-bond donors (Lipinski definition) is 7. The monoisotopic (exact) mass is 421 g/mol. The van der Waals surface area contributed by atoms with Crippen LogP contribution in [0, 0.1) is 0 Å². The van der Waals surface area contributed by atoms with E-state index >= 15 is 0 Å². The molecule has 0 radical (unpaired) electrons. The van der Waals surface area contributed by atoms with Gasteiger partial charge in [0.15, 0.2) is 0 Å². The number of nitrogens with one attached hydrogen (secondary N) is 3. The Morgan fingerprint density at radius 3 is 2.31 bits per heavy atom. The third kappa shape index (κ3) is 6.80. The molecule has 1 aromatic heterocycles. The lowest BCUT2D eigenvalue weighted by molar-refractivity contribution is -0.142. The maximum Gasteiger partial charge on any atom is 0.326 e. The molecule has 3 unspecified atom stereocenters. The smallest absolute Gasteiger partial charge is 0.326 e. The summed E-state index contributed by atoms with van der Waals surface area (Å²) >= 11 is 3.97. The summed E-state index contributed by atoms with van der Waals surface area (Å²) in [6.45, 7) is 0. The lowest BCUT2D eigenvalue weighted by atomic mass is 10.0. The lowest BCUT2D eigenvalue weighted by Crippen LogP contribution is -2.55. The maximum absolute atomic E-state index is 12.8. The van der Waals surface area contributed by atoms with Gasteiger partial charge >= 0.3 is 5.97 Å². The number of imidazole rings is 1. The van der Waals surface area contributed by atoms with Gasteiger partial charge in [0.1, 0.15) is 17.8 Å². The molecule has 1 aromatic carbocycles. The van der Waals surface area contributed by atoms with E-state index < -0.39 is 35.9 Å². The van der Waals surface area contributed by atoms with E-state index in [4.69, 9.17) is 5.73 Å². The van der Waals surface area contributed by atoms with Gasteiger partial charge < -0.3 is 31.6 Å². The molecule has 0 aliphatic carbocycles. The summed E-state index contributed by atoms with van der Waals surface area (Å²) in [6, 6.07) is 2.88. The number of carbonyl (C=O) groups excluding carboxylic acids is 2. The fourth-order valence-corrected chi connectivity index (χ4v) is 2.69. The molecule has 0 aliphatic heterocycles. The number of aromatic hydroxyl groups is 1. The van der Waals surface area contributed by atoms with Crippen LogP contribution in [0.1, 0.15) is 11.3 Å². The fourth-order valence-electron chi connectivity index (χ4n) is 2.53. The number of nitrogens with two attached hydrogens (primary N) is 1. The highest BCUT2D eigenvalue weighted by atomic mass is 32.1. The number of phenols is 1. The van der Waals surface area contributed by atoms with Gasteiger partial charge in [-0.15, -0.1) is 0 Å². The van der Waals surface area contributed by atoms with Gasteiger partial charge in [-0.05, 0) is 17.7 Å². The molecule has 0 aliphatic rings. The second-order valence-electron chi connectivity index (χ2n) is 6.40. The van der Waals surface area contributed by atoms with Crippen LogP contribution in [0.3, 0.4) is 0 Å². The molecule has 1 heterocycles. The highest BCUT2D eigenvalue weighted by Crippen LogP contribution is 2.12. The van der Waals surface area contributed by atoms with Crippen molar-refractivity contribution in [2.45, 2.75) is 31.0 Å². The van der Waals surface area contributed by atoms with Crippen LogP contribution in [0.5, 0.6) is 5.75 Å². The second-order valence-corrected chi connectivity index (χ2v) is 6.77. The first-order valence-corrected chi connectivity index (χ1v) is 9.38. The van der Waals surface area contributed by atoms with Gasteiger partial charge in [-0.25, -0.2) is 9.78 Å². The lowest BCUT2D eigenvalue weighted by Gasteiger charge is -2.22. The summed E-state index contributed by atoms with van der Waals surface area (Å²) < 4.78 is 0. The SMILES string of the molecule is NC(CS)C(=O)NC(Cc1ccc(O)cc1)C(=O)NC(Cc1cnc[nH]1)C(=O)O. The number of carbonyl (C=O) groups is 3. The van der Waals surface area contributed by atoms with Gasteiger partial charge in [0, 0.05) is 30.5 Å². The van der Waals surface area contributed by atoms with Crippen LogP contribution < -0.4 is 16.4 Å². The zero-order valence-corrected chi connectivity index (χ0v) is 16.3. The molecule has 0 saturated heterocycles. The minimum absolute atomic E-state index is 0.00287. The van der Waals surface area contributed by atoms with E-state index in [9.17, 15) is 24.6 Å². The first kappa shape index (κ1) is 22.2. The van der Waals surface area contributed by atoms with Crippen molar-refractivity contribution in [3.05, 3.63) is 48.0 Å². The number of carboxylic acids is 1. The number of aromatic nitrogens is 2. The van der Waals surface area contributed by atoms with Crippen molar-refractivity contribution in [3.8, 4) is 5.75 Å². The van der Waals surface area contributed by atoms with Gasteiger partial charge in [-0.1, -0.05) is 12.1 Å². The minimum atomic E-state index is -1.23. The van der Waals surface area contributed by atoms with Crippen LogP contribution >= 0.6 is 12.6 Å². The highest BCUT2D eigenvalue weighted by molar-refractivity contribution is 7.80. The molecule has 0 fully saturated rings. The number of thiol groups is 1. The van der Waals surface area contributed by atoms with E-state index in [1.807, 2.05) is 0 Å². The van der Waals surface area contributed by atoms with Gasteiger partial charge in [-0.3, -0.25) is 9.59 Å². The van der Waals surface area contributed by atoms with Gasteiger partial charge in [0.25, 0.3) is 0 Å². The number of rotatable bonds is 10. The molecule has 7 N–H and O–H groups in total. The Balaban J connectivity index is 2.15. The number of H-pyrrole nitrogens is 1. The molecule has 0 spiro atoms. The number of nitrogens with zero attached hydrogens (tertiary/aromatic N) is 1. The van der Waals surface area contributed by atoms with Crippen LogP contribution in [0.25, 0.3) is 0 Å². The second kappa shape index (κ2) is 10.5. The number of amides is 2. The molecule has 2 aromatic rings. The molecule has 2 rings (SSSR count). The van der Waals surface area contributed by atoms with E-state index in [1.54, 1.807) is 12.1 Å². The molecule has 2 amide bonds. The molecular weight excluding hydrogens is 398 g/mol. The van der Waals surface area contributed by atoms with E-state index in [1.165, 1.54) is 24.7 Å². The summed E-state index contributed by atoms with van der Waals surface area (Å²) in [5.41, 5.74) is 6.85. The number of aliphatic carboxylic acids is 1. The standard InChI is InChI=1S/C18H23N5O5S/c19-13(8-29)16(25)22-14(5-10-1-3-12(24)4-2-10)17(26)23-15(18(27)28)6-11-7-20-9-21-11/h1-4,7,9,13-15,24,29H,5-6,8,19H2,(H,20,21)(H,22,25)(H,23,26)(H,27,28). The van der Waals surface area contributed by atoms with Crippen LogP contribution in [-0.4, -0.2) is 61.8 Å². The maximum atomic E-state index is 12.8. The number of benzene rings is 1. The van der Waals surface area contributed by atoms with Crippen molar-refractivity contribution in [2.75, 3.05) is 5.75 Å². The topological polar surface area (TPSA) is 170 Å². The Morgan fingerprint density at radius 1 is 1.10 bits per heavy atom. The number of phenolic OH excluding ortho intramolecular Hbond substituents is 1. The molecule has 3 atom stereocenters. The number of hydrogen-bond acceptors (Lipinski definition) is 7. The van der Waals surface area contributed by atoms with Crippen molar-refractivity contribution in [3.63, 3.8) is 0 Å². The summed E-state index contributed by atoms with van der Waals surface area (Å²) in [5.74, 6) is -2.35. The average molecular weight is 421 g/mol. The zero-order chi connectivity index (χ0) is 21.4. The van der Waals surface area contributed by atoms with E-state index in [-0.39, 0.29) is 24.3 Å². The summed E-state index contributed by atoms with van der Waals surface area (Å²) in [7, 11) is 0. The molecule has 29 heavy (non-hydrogen) atoms. The van der Waals surface area contributed by atoms with Crippen LogP contribution in [0.4, 0.5) is 0 Å². The summed E-state index contributed by atoms with van der Waals surface area (Å²) in [4.78, 5) is 43.1. The van der Waals surface area contributed by atoms with E-state index in [0.717, 1.165) is 0 Å². The molecule has 156 valence electrons. The van der Waals surface area contributed by atoms with Crippen molar-refractivity contribution < 1.29 is 24.6 Å². The van der Waals surface area contributed by atoms with Gasteiger partial charge in [0.2, 0.25) is 11.8 Å². The Bertz CT molecular complexity index is 828. The molecule has 0 saturated carbocycles. The average Bonchev–Trinajstić information content (AvgIpc) is 3.20. The van der Waals surface area contributed by atoms with Crippen LogP contribution in [-0.2, 0) is 27.2 Å². The van der Waals surface area contributed by atoms with Gasteiger partial charge in [-0.2, -0.15) is 12.6 Å². The fraction of sp³-hybridized carbons (Fsp3) is 0.333. The highest BCUT2D eigenvalue weighted by Gasteiger charge is 2.28. The summed E-state index contributed by atoms with van der Waals surface area (Å²) in [5, 5.41) is 23.8. The van der Waals surface area contributed by atoms with Gasteiger partial charge in [0.05, 0.1) is 12.4 Å². The predicted octanol–water partition coefficient (Wildman–Crippen LogP) is -0.788. The van der Waals surface area contributed by atoms with Crippen molar-refractivity contribution >= 4 is 30.4 Å². The number of carboxylic acid groups (broad SMARTS) is 1. The molecule has 0 bridgehead atoms. The normalized spacial score (nSPS) is 13.9. The quantitative estimate of drug-likeness (QED) is 0.246. The first-order valence-electron chi connectivity index (χ1n) is 8.75. The van der Waals surface area contributed by atoms with Crippen molar-refractivity contribution in [1.82, 2.24) is 20.6 Å². The Hall–Kier alpha value is -3.05. The first-order chi connectivity index (χ1) is 13.8. The summed E-state index contributed by atoms with van der Waals surface area (Å²) in [6.07, 6.45) is 2.94. The van der Waals surface area contributed by atoms with Crippen molar-refractivity contribution in [2.24, 2.45) is 5.73 Å². The minimum Gasteiger partial charge on any atom is -0.508 e. The Labute approximate surface area is 172 Å².